The van der Waals surface area contributed by atoms with Gasteiger partial charge in [-0.2, -0.15) is 0 Å². The van der Waals surface area contributed by atoms with Gasteiger partial charge < -0.3 is 25.4 Å². The molecule has 2 unspecified atom stereocenters. The Kier molecular flexibility index (Phi) is 4.72. The van der Waals surface area contributed by atoms with Crippen molar-refractivity contribution in [2.24, 2.45) is 11.8 Å². The van der Waals surface area contributed by atoms with Gasteiger partial charge in [-0.05, 0) is 49.0 Å². The van der Waals surface area contributed by atoms with Gasteiger partial charge in [0.05, 0.1) is 11.3 Å². The van der Waals surface area contributed by atoms with Gasteiger partial charge in [0, 0.05) is 24.7 Å². The second kappa shape index (κ2) is 7.57. The maximum Gasteiger partial charge on any atom is 0.245 e. The molecular weight excluding hydrogens is 396 g/mol. The molecule has 4 N–H and O–H groups in total. The van der Waals surface area contributed by atoms with E-state index in [0.29, 0.717) is 40.3 Å². The molecule has 1 saturated carbocycles. The van der Waals surface area contributed by atoms with Crippen LogP contribution in [0.25, 0.3) is 0 Å². The molecule has 31 heavy (non-hydrogen) atoms. The first kappa shape index (κ1) is 19.3. The number of amides is 1. The first-order valence-electron chi connectivity index (χ1n) is 10.3. The average molecular weight is 420 g/mol. The first-order valence-corrected chi connectivity index (χ1v) is 10.3. The molecule has 9 heteroatoms. The van der Waals surface area contributed by atoms with Crippen LogP contribution in [0.15, 0.2) is 37.2 Å². The highest BCUT2D eigenvalue weighted by Gasteiger charge is 2.42. The van der Waals surface area contributed by atoms with Crippen LogP contribution in [0.5, 0.6) is 11.5 Å². The van der Waals surface area contributed by atoms with E-state index in [2.05, 4.69) is 21.9 Å². The molecule has 0 radical (unpaired) electrons. The third-order valence-electron chi connectivity index (χ3n) is 6.37. The maximum atomic E-state index is 11.9. The van der Waals surface area contributed by atoms with Gasteiger partial charge in [0.15, 0.2) is 11.5 Å². The second-order valence-electron chi connectivity index (χ2n) is 8.21. The highest BCUT2D eigenvalue weighted by molar-refractivity contribution is 6.16. The number of nitrogens with two attached hydrogens (primary N) is 1. The fourth-order valence-electron chi connectivity index (χ4n) is 4.87. The van der Waals surface area contributed by atoms with Gasteiger partial charge in [-0.25, -0.2) is 9.97 Å². The molecular formula is C22H24N6O3. The highest BCUT2D eigenvalue weighted by Crippen LogP contribution is 2.40. The van der Waals surface area contributed by atoms with Crippen molar-refractivity contribution in [2.75, 3.05) is 30.9 Å². The number of anilines is 2. The number of ether oxygens (including phenoxy) is 2. The zero-order valence-corrected chi connectivity index (χ0v) is 17.0. The summed E-state index contributed by atoms with van der Waals surface area (Å²) >= 11 is 0. The quantitative estimate of drug-likeness (QED) is 0.499. The fourth-order valence-corrected chi connectivity index (χ4v) is 4.87. The number of nitrogens with zero attached hydrogens (tertiary/aromatic N) is 3. The predicted molar refractivity (Wildman–Crippen MR) is 115 cm³/mol. The second-order valence-corrected chi connectivity index (χ2v) is 8.21. The predicted octanol–water partition coefficient (Wildman–Crippen LogP) is 2.04. The van der Waals surface area contributed by atoms with Crippen molar-refractivity contribution in [1.82, 2.24) is 14.9 Å². The number of nitrogens with one attached hydrogen (secondary N) is 2. The minimum absolute atomic E-state index is 0.00180. The molecule has 160 valence electrons. The molecule has 2 atom stereocenters. The van der Waals surface area contributed by atoms with Crippen LogP contribution in [0.4, 0.5) is 11.6 Å². The van der Waals surface area contributed by atoms with Crippen molar-refractivity contribution in [3.8, 4) is 11.5 Å². The third-order valence-corrected chi connectivity index (χ3v) is 6.37. The van der Waals surface area contributed by atoms with E-state index in [1.54, 1.807) is 18.2 Å². The molecule has 2 aromatic rings. The van der Waals surface area contributed by atoms with Gasteiger partial charge in [0.1, 0.15) is 18.0 Å². The van der Waals surface area contributed by atoms with E-state index in [9.17, 15) is 4.79 Å². The van der Waals surface area contributed by atoms with E-state index >= 15 is 0 Å². The van der Waals surface area contributed by atoms with E-state index < -0.39 is 0 Å². The van der Waals surface area contributed by atoms with E-state index in [1.165, 1.54) is 12.4 Å². The number of fused-ring (bicyclic) bond motifs is 2. The standard InChI is InChI=1S/C22H24N6O3/c1-2-18(29)28-8-13-5-15(6-14(13)9-28)27-22-19(21(24)25-10-26-22)20(23)12-3-4-16-17(7-12)31-11-30-16/h2-4,7,10,13-15,23H,1,5-6,8-9,11H2,(H3,24,25,26,27). The van der Waals surface area contributed by atoms with Crippen molar-refractivity contribution in [2.45, 2.75) is 18.9 Å². The van der Waals surface area contributed by atoms with E-state index in [4.69, 9.17) is 20.6 Å². The molecule has 3 aliphatic rings. The van der Waals surface area contributed by atoms with Crippen LogP contribution in [-0.2, 0) is 4.79 Å². The number of hydrogen-bond acceptors (Lipinski definition) is 8. The Morgan fingerprint density at radius 1 is 1.23 bits per heavy atom. The Morgan fingerprint density at radius 2 is 1.97 bits per heavy atom. The molecule has 1 amide bonds. The van der Waals surface area contributed by atoms with Crippen LogP contribution in [0.3, 0.4) is 0 Å². The number of hydrogen-bond donors (Lipinski definition) is 3. The molecule has 5 rings (SSSR count). The zero-order chi connectivity index (χ0) is 21.5. The number of benzene rings is 1. The van der Waals surface area contributed by atoms with Crippen LogP contribution in [-0.4, -0.2) is 52.4 Å². The van der Waals surface area contributed by atoms with Gasteiger partial charge in [0.2, 0.25) is 12.7 Å². The number of rotatable bonds is 5. The van der Waals surface area contributed by atoms with Gasteiger partial charge >= 0.3 is 0 Å². The van der Waals surface area contributed by atoms with Gasteiger partial charge in [-0.3, -0.25) is 10.2 Å². The summed E-state index contributed by atoms with van der Waals surface area (Å²) in [6.07, 6.45) is 4.67. The Hall–Kier alpha value is -3.62. The SMILES string of the molecule is C=CC(=O)N1CC2CC(Nc3ncnc(N)c3C(=N)c3ccc4c(c3)OCO4)CC2C1. The molecule has 0 bridgehead atoms. The molecule has 2 fully saturated rings. The van der Waals surface area contributed by atoms with E-state index in [0.717, 1.165) is 25.9 Å². The van der Waals surface area contributed by atoms with Crippen LogP contribution >= 0.6 is 0 Å². The number of carbonyl (C=O) groups excluding carboxylic acids is 1. The summed E-state index contributed by atoms with van der Waals surface area (Å²) < 4.78 is 10.8. The van der Waals surface area contributed by atoms with Crippen molar-refractivity contribution < 1.29 is 14.3 Å². The van der Waals surface area contributed by atoms with Crippen molar-refractivity contribution in [3.63, 3.8) is 0 Å². The Bertz CT molecular complexity index is 1060. The lowest BCUT2D eigenvalue weighted by Gasteiger charge is -2.20. The molecule has 1 saturated heterocycles. The topological polar surface area (TPSA) is 126 Å². The molecule has 1 aliphatic carbocycles. The van der Waals surface area contributed by atoms with Crippen LogP contribution in [0.1, 0.15) is 24.0 Å². The van der Waals surface area contributed by atoms with Crippen LogP contribution in [0.2, 0.25) is 0 Å². The average Bonchev–Trinajstić information content (AvgIpc) is 3.47. The number of likely N-dealkylation sites (tertiary alicyclic amines) is 1. The molecule has 9 nitrogen and oxygen atoms in total. The lowest BCUT2D eigenvalue weighted by Crippen LogP contribution is -2.30. The Labute approximate surface area is 179 Å². The fraction of sp³-hybridized carbons (Fsp3) is 0.364. The molecule has 1 aromatic heterocycles. The van der Waals surface area contributed by atoms with Crippen LogP contribution < -0.4 is 20.5 Å². The molecule has 3 heterocycles. The summed E-state index contributed by atoms with van der Waals surface area (Å²) in [6, 6.07) is 5.56. The van der Waals surface area contributed by atoms with E-state index in [-0.39, 0.29) is 30.3 Å². The summed E-state index contributed by atoms with van der Waals surface area (Å²) in [5, 5.41) is 12.2. The van der Waals surface area contributed by atoms with Crippen molar-refractivity contribution in [1.29, 1.82) is 5.41 Å². The van der Waals surface area contributed by atoms with Crippen LogP contribution in [0, 0.1) is 17.2 Å². The maximum absolute atomic E-state index is 11.9. The monoisotopic (exact) mass is 420 g/mol. The van der Waals surface area contributed by atoms with Crippen molar-refractivity contribution in [3.05, 3.63) is 48.3 Å². The highest BCUT2D eigenvalue weighted by atomic mass is 16.7. The zero-order valence-electron chi connectivity index (χ0n) is 17.0. The summed E-state index contributed by atoms with van der Waals surface area (Å²) in [5.74, 6) is 2.99. The number of carbonyl (C=O) groups is 1. The summed E-state index contributed by atoms with van der Waals surface area (Å²) in [4.78, 5) is 22.3. The Balaban J connectivity index is 1.34. The summed E-state index contributed by atoms with van der Waals surface area (Å²) in [6.45, 7) is 5.29. The van der Waals surface area contributed by atoms with Gasteiger partial charge in [-0.15, -0.1) is 0 Å². The number of aromatic nitrogens is 2. The molecule has 2 aliphatic heterocycles. The Morgan fingerprint density at radius 3 is 2.71 bits per heavy atom. The van der Waals surface area contributed by atoms with Gasteiger partial charge in [0.25, 0.3) is 0 Å². The van der Waals surface area contributed by atoms with Gasteiger partial charge in [-0.1, -0.05) is 6.58 Å². The molecule has 0 spiro atoms. The molecule has 1 aromatic carbocycles. The third kappa shape index (κ3) is 3.45. The lowest BCUT2D eigenvalue weighted by atomic mass is 10.0. The summed E-state index contributed by atoms with van der Waals surface area (Å²) in [5.41, 5.74) is 7.51. The lowest BCUT2D eigenvalue weighted by molar-refractivity contribution is -0.125. The van der Waals surface area contributed by atoms with Crippen molar-refractivity contribution >= 4 is 23.3 Å². The first-order chi connectivity index (χ1) is 15.0. The smallest absolute Gasteiger partial charge is 0.245 e. The van der Waals surface area contributed by atoms with E-state index in [1.807, 2.05) is 4.90 Å². The largest absolute Gasteiger partial charge is 0.454 e. The summed E-state index contributed by atoms with van der Waals surface area (Å²) in [7, 11) is 0. The normalized spacial score (nSPS) is 23.5. The minimum Gasteiger partial charge on any atom is -0.454 e. The minimum atomic E-state index is 0.00180. The number of nitrogen functional groups attached to an aromatic ring is 1.